The Balaban J connectivity index is 1.62. The van der Waals surface area contributed by atoms with Gasteiger partial charge in [-0.15, -0.1) is 20.4 Å². The number of carbonyl (C=O) groups is 3. The lowest BCUT2D eigenvalue weighted by Gasteiger charge is -2.15. The lowest BCUT2D eigenvalue weighted by molar-refractivity contribution is 0.0682. The fourth-order valence-corrected chi connectivity index (χ4v) is 6.21. The van der Waals surface area contributed by atoms with Crippen LogP contribution in [0.3, 0.4) is 0 Å². The van der Waals surface area contributed by atoms with Crippen LogP contribution in [0.5, 0.6) is 0 Å². The summed E-state index contributed by atoms with van der Waals surface area (Å²) in [5.41, 5.74) is 7.18. The van der Waals surface area contributed by atoms with Gasteiger partial charge in [-0.25, -0.2) is 14.4 Å². The minimum Gasteiger partial charge on any atom is -0.478 e. The molecule has 0 aliphatic carbocycles. The summed E-state index contributed by atoms with van der Waals surface area (Å²) in [6.07, 6.45) is 0. The van der Waals surface area contributed by atoms with Crippen LogP contribution in [-0.2, 0) is 5.41 Å². The summed E-state index contributed by atoms with van der Waals surface area (Å²) in [6, 6.07) is 8.00. The van der Waals surface area contributed by atoms with Crippen LogP contribution in [0.25, 0.3) is 5.95 Å². The van der Waals surface area contributed by atoms with Crippen LogP contribution in [-0.4, -0.2) is 73.9 Å². The van der Waals surface area contributed by atoms with Crippen molar-refractivity contribution in [2.75, 3.05) is 22.1 Å². The van der Waals surface area contributed by atoms with Crippen LogP contribution in [0.15, 0.2) is 51.0 Å². The maximum atomic E-state index is 11.8. The highest BCUT2D eigenvalue weighted by Gasteiger charge is 2.28. The molecule has 0 amide bonds. The van der Waals surface area contributed by atoms with Gasteiger partial charge in [-0.2, -0.15) is 24.7 Å². The van der Waals surface area contributed by atoms with Crippen molar-refractivity contribution in [2.45, 2.75) is 51.3 Å². The minimum absolute atomic E-state index is 0.0143. The maximum Gasteiger partial charge on any atom is 0.335 e. The zero-order chi connectivity index (χ0) is 37.9. The zero-order valence-corrected chi connectivity index (χ0v) is 30.4. The molecule has 5 rings (SSSR count). The standard InChI is InChI=1S/C32H34N12O6S2/c1-14(2)13-51-31-42-41-30(52-31)40-39-21-22(32(4,5)6)43-44(23(21)33)29-37-27(34-19-8-15(3)7-16(10-19)24(45)46)36-28(38-29)35-20-11-17(25(47)48)9-18(12-20)26(49)50/h7-12,14H,13,33H2,1-6H3,(H,45,46)(H,47,48)(H,49,50)(H2,34,35,36,37,38)/b40-39+. The maximum absolute atomic E-state index is 11.8. The highest BCUT2D eigenvalue weighted by atomic mass is 32.2. The predicted molar refractivity (Wildman–Crippen MR) is 195 cm³/mol. The normalized spacial score (nSPS) is 11.7. The Kier molecular flexibility index (Phi) is 10.8. The van der Waals surface area contributed by atoms with E-state index in [-0.39, 0.29) is 51.7 Å². The van der Waals surface area contributed by atoms with Gasteiger partial charge in [-0.05, 0) is 54.8 Å². The van der Waals surface area contributed by atoms with Gasteiger partial charge in [-0.3, -0.25) is 0 Å². The summed E-state index contributed by atoms with van der Waals surface area (Å²) in [4.78, 5) is 48.6. The van der Waals surface area contributed by atoms with Crippen molar-refractivity contribution in [3.8, 4) is 5.95 Å². The van der Waals surface area contributed by atoms with E-state index in [1.165, 1.54) is 40.3 Å². The molecule has 0 unspecified atom stereocenters. The third-order valence-corrected chi connectivity index (χ3v) is 9.22. The molecule has 52 heavy (non-hydrogen) atoms. The van der Waals surface area contributed by atoms with Crippen molar-refractivity contribution in [1.29, 1.82) is 0 Å². The van der Waals surface area contributed by atoms with Gasteiger partial charge < -0.3 is 31.7 Å². The lowest BCUT2D eigenvalue weighted by atomic mass is 9.91. The van der Waals surface area contributed by atoms with Gasteiger partial charge in [0.15, 0.2) is 15.8 Å². The largest absolute Gasteiger partial charge is 0.478 e. The first-order chi connectivity index (χ1) is 24.5. The Morgan fingerprint density at radius 2 is 1.42 bits per heavy atom. The Morgan fingerprint density at radius 1 is 0.865 bits per heavy atom. The molecule has 18 nitrogen and oxygen atoms in total. The molecule has 0 fully saturated rings. The Hall–Kier alpha value is -6.02. The number of nitrogens with two attached hydrogens (primary N) is 1. The zero-order valence-electron chi connectivity index (χ0n) is 28.7. The third kappa shape index (κ3) is 9.01. The molecule has 0 aliphatic heterocycles. The molecule has 0 saturated heterocycles. The number of aromatic nitrogens is 7. The smallest absolute Gasteiger partial charge is 0.335 e. The summed E-state index contributed by atoms with van der Waals surface area (Å²) >= 11 is 2.86. The molecule has 2 aromatic carbocycles. The van der Waals surface area contributed by atoms with Crippen LogP contribution < -0.4 is 16.4 Å². The quantitative estimate of drug-likeness (QED) is 0.0531. The average Bonchev–Trinajstić information content (AvgIpc) is 3.65. The number of aryl methyl sites for hydroxylation is 1. The average molecular weight is 747 g/mol. The second-order valence-electron chi connectivity index (χ2n) is 12.8. The summed E-state index contributed by atoms with van der Waals surface area (Å²) in [5.74, 6) is -2.85. The molecule has 0 aliphatic rings. The fourth-order valence-electron chi connectivity index (χ4n) is 4.57. The first-order valence-electron chi connectivity index (χ1n) is 15.5. The summed E-state index contributed by atoms with van der Waals surface area (Å²) in [7, 11) is 0. The third-order valence-electron chi connectivity index (χ3n) is 6.85. The summed E-state index contributed by atoms with van der Waals surface area (Å²) in [6.45, 7) is 11.7. The van der Waals surface area contributed by atoms with E-state index in [1.54, 1.807) is 24.8 Å². The van der Waals surface area contributed by atoms with Crippen LogP contribution in [0.4, 0.5) is 39.9 Å². The van der Waals surface area contributed by atoms with Crippen molar-refractivity contribution >= 4 is 80.9 Å². The highest BCUT2D eigenvalue weighted by molar-refractivity contribution is 8.01. The van der Waals surface area contributed by atoms with Gasteiger partial charge in [0.2, 0.25) is 11.9 Å². The number of azo groups is 1. The lowest BCUT2D eigenvalue weighted by Crippen LogP contribution is -2.15. The number of thioether (sulfide) groups is 1. The number of anilines is 5. The number of hydrogen-bond donors (Lipinski definition) is 6. The summed E-state index contributed by atoms with van der Waals surface area (Å²) < 4.78 is 1.98. The van der Waals surface area contributed by atoms with Gasteiger partial charge >= 0.3 is 17.9 Å². The van der Waals surface area contributed by atoms with Crippen LogP contribution >= 0.6 is 23.1 Å². The van der Waals surface area contributed by atoms with Crippen LogP contribution in [0, 0.1) is 12.8 Å². The fraction of sp³-hybridized carbons (Fsp3) is 0.281. The van der Waals surface area contributed by atoms with Crippen LogP contribution in [0.2, 0.25) is 0 Å². The molecule has 0 spiro atoms. The highest BCUT2D eigenvalue weighted by Crippen LogP contribution is 2.38. The predicted octanol–water partition coefficient (Wildman–Crippen LogP) is 6.84. The number of aromatic carboxylic acids is 3. The number of carboxylic acids is 3. The van der Waals surface area contributed by atoms with Crippen molar-refractivity contribution in [3.05, 3.63) is 64.3 Å². The van der Waals surface area contributed by atoms with E-state index in [0.29, 0.717) is 28.0 Å². The van der Waals surface area contributed by atoms with Gasteiger partial charge in [0.25, 0.3) is 11.1 Å². The van der Waals surface area contributed by atoms with E-state index in [4.69, 9.17) is 10.8 Å². The number of nitrogen functional groups attached to an aromatic ring is 1. The molecule has 0 saturated carbocycles. The monoisotopic (exact) mass is 746 g/mol. The molecular weight excluding hydrogens is 713 g/mol. The molecule has 7 N–H and O–H groups in total. The van der Waals surface area contributed by atoms with Crippen molar-refractivity contribution < 1.29 is 29.7 Å². The van der Waals surface area contributed by atoms with Crippen LogP contribution in [0.1, 0.15) is 77.0 Å². The van der Waals surface area contributed by atoms with E-state index >= 15 is 0 Å². The second-order valence-corrected chi connectivity index (χ2v) is 15.1. The van der Waals surface area contributed by atoms with E-state index in [9.17, 15) is 29.7 Å². The molecule has 3 aromatic heterocycles. The molecular formula is C32H34N12O6S2. The Bertz CT molecular complexity index is 2180. The number of rotatable bonds is 13. The molecule has 0 atom stereocenters. The molecule has 3 heterocycles. The van der Waals surface area contributed by atoms with E-state index < -0.39 is 23.3 Å². The molecule has 0 bridgehead atoms. The summed E-state index contributed by atoms with van der Waals surface area (Å²) in [5, 5.41) is 56.6. The number of nitrogens with zero attached hydrogens (tertiary/aromatic N) is 9. The minimum atomic E-state index is -1.35. The van der Waals surface area contributed by atoms with E-state index in [1.807, 2.05) is 20.8 Å². The van der Waals surface area contributed by atoms with Crippen molar-refractivity contribution in [2.24, 2.45) is 16.1 Å². The van der Waals surface area contributed by atoms with Gasteiger partial charge in [0.1, 0.15) is 0 Å². The van der Waals surface area contributed by atoms with Crippen molar-refractivity contribution in [3.63, 3.8) is 0 Å². The van der Waals surface area contributed by atoms with E-state index in [2.05, 4.69) is 59.9 Å². The first-order valence-corrected chi connectivity index (χ1v) is 17.3. The second kappa shape index (κ2) is 15.1. The molecule has 0 radical (unpaired) electrons. The molecule has 20 heteroatoms. The topological polar surface area (TPSA) is 269 Å². The molecule has 270 valence electrons. The Morgan fingerprint density at radius 3 is 1.96 bits per heavy atom. The number of carboxylic acid groups (broad SMARTS) is 3. The number of nitrogens with one attached hydrogen (secondary N) is 2. The molecule has 5 aromatic rings. The Labute approximate surface area is 304 Å². The number of hydrogen-bond acceptors (Lipinski definition) is 16. The van der Waals surface area contributed by atoms with Crippen molar-refractivity contribution in [1.82, 2.24) is 34.9 Å². The van der Waals surface area contributed by atoms with E-state index in [0.717, 1.165) is 16.2 Å². The van der Waals surface area contributed by atoms with Gasteiger partial charge in [0.05, 0.1) is 22.4 Å². The number of benzene rings is 2. The van der Waals surface area contributed by atoms with Gasteiger partial charge in [0, 0.05) is 22.5 Å². The first kappa shape index (κ1) is 37.2. The SMILES string of the molecule is Cc1cc(Nc2nc(Nc3cc(C(=O)O)cc(C(=O)O)c3)nc(-n3nc(C(C)(C)C)c(/N=N/c4nnc(SCC(C)C)s4)c3N)n2)cc(C(=O)O)c1. The van der Waals surface area contributed by atoms with Gasteiger partial charge in [-0.1, -0.05) is 57.7 Å².